The van der Waals surface area contributed by atoms with E-state index in [0.717, 1.165) is 18.4 Å². The lowest BCUT2D eigenvalue weighted by Gasteiger charge is -2.21. The molecule has 1 saturated heterocycles. The second-order valence-electron chi connectivity index (χ2n) is 7.59. The maximum atomic E-state index is 12.7. The van der Waals surface area contributed by atoms with Crippen LogP contribution in [0, 0.1) is 0 Å². The third-order valence-electron chi connectivity index (χ3n) is 5.63. The molecule has 1 saturated carbocycles. The van der Waals surface area contributed by atoms with Crippen LogP contribution in [0.15, 0.2) is 18.2 Å². The summed E-state index contributed by atoms with van der Waals surface area (Å²) in [6.45, 7) is 2.94. The smallest absolute Gasteiger partial charge is 0.325 e. The van der Waals surface area contributed by atoms with Crippen molar-refractivity contribution < 1.29 is 23.9 Å². The summed E-state index contributed by atoms with van der Waals surface area (Å²) in [4.78, 5) is 40.2. The Morgan fingerprint density at radius 2 is 1.97 bits per heavy atom. The van der Waals surface area contributed by atoms with Crippen molar-refractivity contribution in [1.29, 1.82) is 0 Å². The minimum absolute atomic E-state index is 0.0971. The van der Waals surface area contributed by atoms with Crippen LogP contribution in [0.1, 0.15) is 44.6 Å². The van der Waals surface area contributed by atoms with Crippen LogP contribution in [0.25, 0.3) is 0 Å². The molecule has 1 spiro atoms. The molecule has 8 heteroatoms. The number of urea groups is 1. The van der Waals surface area contributed by atoms with Crippen molar-refractivity contribution in [2.75, 3.05) is 27.3 Å². The number of nitrogens with one attached hydrogen (secondary N) is 1. The Kier molecular flexibility index (Phi) is 6.30. The Morgan fingerprint density at radius 1 is 1.24 bits per heavy atom. The van der Waals surface area contributed by atoms with Crippen LogP contribution in [-0.4, -0.2) is 60.5 Å². The number of methoxy groups -OCH3 is 1. The van der Waals surface area contributed by atoms with Gasteiger partial charge in [0, 0.05) is 26.6 Å². The molecule has 0 unspecified atom stereocenters. The predicted molar refractivity (Wildman–Crippen MR) is 107 cm³/mol. The molecule has 1 aromatic rings. The van der Waals surface area contributed by atoms with Crippen molar-refractivity contribution >= 4 is 17.8 Å². The molecule has 29 heavy (non-hydrogen) atoms. The van der Waals surface area contributed by atoms with E-state index in [0.29, 0.717) is 37.5 Å². The minimum atomic E-state index is -0.731. The largest absolute Gasteiger partial charge is 0.493 e. The van der Waals surface area contributed by atoms with E-state index in [-0.39, 0.29) is 30.8 Å². The van der Waals surface area contributed by atoms with Gasteiger partial charge in [-0.25, -0.2) is 4.79 Å². The van der Waals surface area contributed by atoms with Crippen LogP contribution in [0.2, 0.25) is 0 Å². The zero-order valence-electron chi connectivity index (χ0n) is 17.3. The first kappa shape index (κ1) is 21.0. The zero-order chi connectivity index (χ0) is 21.0. The molecule has 158 valence electrons. The summed E-state index contributed by atoms with van der Waals surface area (Å²) in [5, 5.41) is 2.84. The van der Waals surface area contributed by atoms with Crippen LogP contribution >= 0.6 is 0 Å². The van der Waals surface area contributed by atoms with Crippen molar-refractivity contribution in [1.82, 2.24) is 15.1 Å². The normalized spacial score (nSPS) is 17.6. The van der Waals surface area contributed by atoms with Gasteiger partial charge >= 0.3 is 6.03 Å². The summed E-state index contributed by atoms with van der Waals surface area (Å²) in [7, 11) is 3.28. The van der Waals surface area contributed by atoms with Crippen LogP contribution in [0.4, 0.5) is 4.79 Å². The number of hydrogen-bond acceptors (Lipinski definition) is 5. The first-order valence-corrected chi connectivity index (χ1v) is 10.1. The predicted octanol–water partition coefficient (Wildman–Crippen LogP) is 2.31. The van der Waals surface area contributed by atoms with Gasteiger partial charge in [0.05, 0.1) is 13.7 Å². The average molecular weight is 403 g/mol. The lowest BCUT2D eigenvalue weighted by molar-refractivity contribution is -0.133. The molecule has 2 fully saturated rings. The van der Waals surface area contributed by atoms with Crippen molar-refractivity contribution in [3.8, 4) is 11.5 Å². The molecule has 1 N–H and O–H groups in total. The number of nitrogens with zero attached hydrogens (tertiary/aromatic N) is 2. The summed E-state index contributed by atoms with van der Waals surface area (Å²) in [6, 6.07) is 5.17. The Bertz CT molecular complexity index is 789. The van der Waals surface area contributed by atoms with E-state index in [2.05, 4.69) is 5.32 Å². The van der Waals surface area contributed by atoms with Gasteiger partial charge in [-0.3, -0.25) is 14.5 Å². The van der Waals surface area contributed by atoms with Crippen molar-refractivity contribution in [3.05, 3.63) is 23.8 Å². The summed E-state index contributed by atoms with van der Waals surface area (Å²) < 4.78 is 10.9. The second kappa shape index (κ2) is 8.71. The van der Waals surface area contributed by atoms with Crippen molar-refractivity contribution in [2.45, 2.75) is 51.1 Å². The van der Waals surface area contributed by atoms with E-state index in [1.54, 1.807) is 19.1 Å². The van der Waals surface area contributed by atoms with Crippen molar-refractivity contribution in [3.63, 3.8) is 0 Å². The molecule has 3 rings (SSSR count). The van der Waals surface area contributed by atoms with E-state index in [1.165, 1.54) is 4.90 Å². The van der Waals surface area contributed by atoms with Gasteiger partial charge in [-0.2, -0.15) is 0 Å². The fourth-order valence-electron chi connectivity index (χ4n) is 4.04. The number of benzene rings is 1. The maximum Gasteiger partial charge on any atom is 0.325 e. The number of rotatable bonds is 8. The molecule has 0 radical (unpaired) electrons. The standard InChI is InChI=1S/C21H29N3O5/c1-4-29-16-8-7-15(13-17(16)28-3)14-23(2)18(25)9-12-24-19(26)21(22-20(24)27)10-5-6-11-21/h7-8,13H,4-6,9-12,14H2,1-3H3,(H,22,27). The van der Waals surface area contributed by atoms with E-state index in [1.807, 2.05) is 25.1 Å². The van der Waals surface area contributed by atoms with Crippen LogP contribution in [-0.2, 0) is 16.1 Å². The number of carbonyl (C=O) groups is 3. The van der Waals surface area contributed by atoms with E-state index in [9.17, 15) is 14.4 Å². The van der Waals surface area contributed by atoms with Gasteiger partial charge in [-0.15, -0.1) is 0 Å². The topological polar surface area (TPSA) is 88.2 Å². The number of hydrogen-bond donors (Lipinski definition) is 1. The lowest BCUT2D eigenvalue weighted by Crippen LogP contribution is -2.44. The van der Waals surface area contributed by atoms with Crippen LogP contribution in [0.3, 0.4) is 0 Å². The third-order valence-corrected chi connectivity index (χ3v) is 5.63. The SMILES string of the molecule is CCOc1ccc(CN(C)C(=O)CCN2C(=O)NC3(CCCC3)C2=O)cc1OC. The highest BCUT2D eigenvalue weighted by Gasteiger charge is 2.52. The Morgan fingerprint density at radius 3 is 2.62 bits per heavy atom. The van der Waals surface area contributed by atoms with Gasteiger partial charge in [0.15, 0.2) is 11.5 Å². The zero-order valence-corrected chi connectivity index (χ0v) is 17.3. The van der Waals surface area contributed by atoms with E-state index in [4.69, 9.17) is 9.47 Å². The van der Waals surface area contributed by atoms with E-state index < -0.39 is 5.54 Å². The van der Waals surface area contributed by atoms with Crippen LogP contribution < -0.4 is 14.8 Å². The van der Waals surface area contributed by atoms with Gasteiger partial charge < -0.3 is 19.7 Å². The molecule has 0 bridgehead atoms. The van der Waals surface area contributed by atoms with Gasteiger partial charge in [-0.05, 0) is 37.5 Å². The number of ether oxygens (including phenoxy) is 2. The molecule has 1 aliphatic heterocycles. The third kappa shape index (κ3) is 4.31. The molecule has 0 aromatic heterocycles. The highest BCUT2D eigenvalue weighted by atomic mass is 16.5. The summed E-state index contributed by atoms with van der Waals surface area (Å²) in [5.74, 6) is 0.955. The lowest BCUT2D eigenvalue weighted by atomic mass is 9.98. The summed E-state index contributed by atoms with van der Waals surface area (Å²) in [5.41, 5.74) is 0.172. The Balaban J connectivity index is 1.56. The van der Waals surface area contributed by atoms with Gasteiger partial charge in [0.2, 0.25) is 5.91 Å². The molecule has 1 aliphatic carbocycles. The van der Waals surface area contributed by atoms with Crippen molar-refractivity contribution in [2.24, 2.45) is 0 Å². The van der Waals surface area contributed by atoms with E-state index >= 15 is 0 Å². The fraction of sp³-hybridized carbons (Fsp3) is 0.571. The number of imide groups is 1. The summed E-state index contributed by atoms with van der Waals surface area (Å²) in [6.07, 6.45) is 3.34. The summed E-state index contributed by atoms with van der Waals surface area (Å²) >= 11 is 0. The van der Waals surface area contributed by atoms with Gasteiger partial charge in [0.25, 0.3) is 5.91 Å². The quantitative estimate of drug-likeness (QED) is 0.673. The highest BCUT2D eigenvalue weighted by Crippen LogP contribution is 2.35. The Labute approximate surface area is 171 Å². The maximum absolute atomic E-state index is 12.7. The van der Waals surface area contributed by atoms with Gasteiger partial charge in [-0.1, -0.05) is 18.9 Å². The first-order valence-electron chi connectivity index (χ1n) is 10.1. The monoisotopic (exact) mass is 403 g/mol. The molecule has 2 aliphatic rings. The number of carbonyl (C=O) groups excluding carboxylic acids is 3. The van der Waals surface area contributed by atoms with Crippen LogP contribution in [0.5, 0.6) is 11.5 Å². The molecular formula is C21H29N3O5. The number of amides is 4. The minimum Gasteiger partial charge on any atom is -0.493 e. The highest BCUT2D eigenvalue weighted by molar-refractivity contribution is 6.07. The molecule has 1 heterocycles. The fourth-order valence-corrected chi connectivity index (χ4v) is 4.04. The first-order chi connectivity index (χ1) is 13.9. The van der Waals surface area contributed by atoms with Gasteiger partial charge in [0.1, 0.15) is 5.54 Å². The second-order valence-corrected chi connectivity index (χ2v) is 7.59. The molecule has 8 nitrogen and oxygen atoms in total. The molecule has 1 aromatic carbocycles. The average Bonchev–Trinajstić information content (AvgIpc) is 3.26. The molecule has 4 amide bonds. The Hall–Kier alpha value is -2.77. The molecular weight excluding hydrogens is 374 g/mol. The molecule has 0 atom stereocenters.